The van der Waals surface area contributed by atoms with Crippen molar-refractivity contribution in [3.05, 3.63) is 15.9 Å². The Bertz CT molecular complexity index is 377. The molecular formula is C13H24BrN3. The maximum atomic E-state index is 4.42. The molecule has 0 aliphatic rings. The summed E-state index contributed by atoms with van der Waals surface area (Å²) in [7, 11) is 2.01. The number of nitrogens with one attached hydrogen (secondary N) is 1. The highest BCUT2D eigenvalue weighted by Crippen LogP contribution is 2.22. The van der Waals surface area contributed by atoms with Crippen molar-refractivity contribution in [2.24, 2.45) is 13.0 Å². The molecule has 4 heteroatoms. The van der Waals surface area contributed by atoms with Gasteiger partial charge >= 0.3 is 0 Å². The van der Waals surface area contributed by atoms with Crippen molar-refractivity contribution < 1.29 is 0 Å². The van der Waals surface area contributed by atoms with Gasteiger partial charge in [-0.3, -0.25) is 4.68 Å². The van der Waals surface area contributed by atoms with Crippen LogP contribution in [0.1, 0.15) is 39.1 Å². The molecule has 0 aliphatic carbocycles. The largest absolute Gasteiger partial charge is 0.312 e. The second-order valence-corrected chi connectivity index (χ2v) is 6.70. The average Bonchev–Trinajstić information content (AvgIpc) is 2.41. The van der Waals surface area contributed by atoms with Crippen molar-refractivity contribution in [2.75, 3.05) is 6.54 Å². The molecule has 1 rings (SSSR count). The fourth-order valence-electron chi connectivity index (χ4n) is 1.78. The highest BCUT2D eigenvalue weighted by atomic mass is 79.9. The molecule has 0 spiro atoms. The van der Waals surface area contributed by atoms with Crippen LogP contribution in [0.2, 0.25) is 0 Å². The highest BCUT2D eigenvalue weighted by Gasteiger charge is 2.16. The summed E-state index contributed by atoms with van der Waals surface area (Å²) in [6.45, 7) is 11.9. The van der Waals surface area contributed by atoms with E-state index in [1.165, 1.54) is 5.69 Å². The first-order valence-corrected chi connectivity index (χ1v) is 6.93. The first-order valence-electron chi connectivity index (χ1n) is 6.13. The van der Waals surface area contributed by atoms with E-state index in [0.717, 1.165) is 23.1 Å². The molecule has 0 aliphatic heterocycles. The summed E-state index contributed by atoms with van der Waals surface area (Å²) in [5.74, 6) is 0.598. The fourth-order valence-corrected chi connectivity index (χ4v) is 2.28. The van der Waals surface area contributed by atoms with Crippen molar-refractivity contribution in [1.82, 2.24) is 15.1 Å². The average molecular weight is 302 g/mol. The summed E-state index contributed by atoms with van der Waals surface area (Å²) >= 11 is 3.62. The number of halogens is 1. The van der Waals surface area contributed by atoms with Crippen LogP contribution in [-0.4, -0.2) is 21.9 Å². The summed E-state index contributed by atoms with van der Waals surface area (Å²) in [5.41, 5.74) is 2.54. The predicted molar refractivity (Wildman–Crippen MR) is 76.3 cm³/mol. The van der Waals surface area contributed by atoms with Crippen LogP contribution in [0, 0.1) is 12.8 Å². The molecule has 1 atom stereocenters. The maximum absolute atomic E-state index is 4.42. The van der Waals surface area contributed by atoms with E-state index in [0.29, 0.717) is 5.92 Å². The molecule has 3 nitrogen and oxygen atoms in total. The van der Waals surface area contributed by atoms with Gasteiger partial charge in [0.15, 0.2) is 0 Å². The Morgan fingerprint density at radius 1 is 1.41 bits per heavy atom. The highest BCUT2D eigenvalue weighted by molar-refractivity contribution is 9.10. The molecule has 17 heavy (non-hydrogen) atoms. The van der Waals surface area contributed by atoms with Crippen LogP contribution in [0.5, 0.6) is 0 Å². The Labute approximate surface area is 113 Å². The molecule has 1 N–H and O–H groups in total. The molecule has 0 amide bonds. The molecule has 1 aromatic heterocycles. The Hall–Kier alpha value is -0.350. The second kappa shape index (κ2) is 5.53. The molecule has 1 unspecified atom stereocenters. The standard InChI is InChI=1S/C13H24BrN3/c1-9(8-15-13(3,4)5)7-11-12(14)10(2)16-17(11)6/h9,15H,7-8H2,1-6H3. The lowest BCUT2D eigenvalue weighted by molar-refractivity contribution is 0.378. The zero-order chi connectivity index (χ0) is 13.2. The first kappa shape index (κ1) is 14.7. The van der Waals surface area contributed by atoms with Gasteiger partial charge < -0.3 is 5.32 Å². The minimum absolute atomic E-state index is 0.188. The van der Waals surface area contributed by atoms with Gasteiger partial charge in [0, 0.05) is 12.6 Å². The van der Waals surface area contributed by atoms with Crippen molar-refractivity contribution >= 4 is 15.9 Å². The Kier molecular flexibility index (Phi) is 4.78. The predicted octanol–water partition coefficient (Wildman–Crippen LogP) is 3.06. The lowest BCUT2D eigenvalue weighted by Crippen LogP contribution is -2.39. The Morgan fingerprint density at radius 2 is 2.00 bits per heavy atom. The molecule has 98 valence electrons. The van der Waals surface area contributed by atoms with Gasteiger partial charge in [-0.1, -0.05) is 6.92 Å². The topological polar surface area (TPSA) is 29.9 Å². The van der Waals surface area contributed by atoms with Gasteiger partial charge in [-0.05, 0) is 62.5 Å². The van der Waals surface area contributed by atoms with Crippen LogP contribution in [0.4, 0.5) is 0 Å². The van der Waals surface area contributed by atoms with Gasteiger partial charge in [0.25, 0.3) is 0 Å². The van der Waals surface area contributed by atoms with Gasteiger partial charge in [0.05, 0.1) is 15.9 Å². The van der Waals surface area contributed by atoms with Crippen molar-refractivity contribution in [1.29, 1.82) is 0 Å². The van der Waals surface area contributed by atoms with Crippen LogP contribution < -0.4 is 5.32 Å². The summed E-state index contributed by atoms with van der Waals surface area (Å²) in [5, 5.41) is 7.96. The molecular weight excluding hydrogens is 278 g/mol. The minimum atomic E-state index is 0.188. The summed E-state index contributed by atoms with van der Waals surface area (Å²) < 4.78 is 3.13. The lowest BCUT2D eigenvalue weighted by Gasteiger charge is -2.23. The van der Waals surface area contributed by atoms with Gasteiger partial charge in [-0.25, -0.2) is 0 Å². The number of aromatic nitrogens is 2. The van der Waals surface area contributed by atoms with E-state index in [1.807, 2.05) is 18.7 Å². The monoisotopic (exact) mass is 301 g/mol. The normalized spacial score (nSPS) is 14.1. The van der Waals surface area contributed by atoms with Gasteiger partial charge in [-0.15, -0.1) is 0 Å². The molecule has 0 aromatic carbocycles. The summed E-state index contributed by atoms with van der Waals surface area (Å²) in [4.78, 5) is 0. The summed E-state index contributed by atoms with van der Waals surface area (Å²) in [6.07, 6.45) is 1.04. The molecule has 0 fully saturated rings. The van der Waals surface area contributed by atoms with E-state index in [1.54, 1.807) is 0 Å². The van der Waals surface area contributed by atoms with E-state index in [2.05, 4.69) is 54.0 Å². The summed E-state index contributed by atoms with van der Waals surface area (Å²) in [6, 6.07) is 0. The van der Waals surface area contributed by atoms with Crippen molar-refractivity contribution in [2.45, 2.75) is 46.6 Å². The number of hydrogen-bond donors (Lipinski definition) is 1. The Balaban J connectivity index is 2.59. The van der Waals surface area contributed by atoms with Crippen LogP contribution in [0.15, 0.2) is 4.47 Å². The number of nitrogens with zero attached hydrogens (tertiary/aromatic N) is 2. The second-order valence-electron chi connectivity index (χ2n) is 5.91. The van der Waals surface area contributed by atoms with Gasteiger partial charge in [-0.2, -0.15) is 5.10 Å². The van der Waals surface area contributed by atoms with Crippen LogP contribution >= 0.6 is 15.9 Å². The minimum Gasteiger partial charge on any atom is -0.312 e. The number of hydrogen-bond acceptors (Lipinski definition) is 2. The van der Waals surface area contributed by atoms with E-state index >= 15 is 0 Å². The quantitative estimate of drug-likeness (QED) is 0.926. The van der Waals surface area contributed by atoms with E-state index in [-0.39, 0.29) is 5.54 Å². The van der Waals surface area contributed by atoms with E-state index in [4.69, 9.17) is 0 Å². The number of rotatable bonds is 4. The smallest absolute Gasteiger partial charge is 0.0738 e. The first-order chi connectivity index (χ1) is 7.70. The van der Waals surface area contributed by atoms with Gasteiger partial charge in [0.2, 0.25) is 0 Å². The maximum Gasteiger partial charge on any atom is 0.0738 e. The molecule has 1 heterocycles. The zero-order valence-electron chi connectivity index (χ0n) is 11.8. The molecule has 1 aromatic rings. The third-order valence-corrected chi connectivity index (χ3v) is 3.82. The molecule has 0 saturated heterocycles. The Morgan fingerprint density at radius 3 is 2.41 bits per heavy atom. The van der Waals surface area contributed by atoms with E-state index < -0.39 is 0 Å². The SMILES string of the molecule is Cc1nn(C)c(CC(C)CNC(C)(C)C)c1Br. The van der Waals surface area contributed by atoms with Gasteiger partial charge in [0.1, 0.15) is 0 Å². The van der Waals surface area contributed by atoms with Crippen molar-refractivity contribution in [3.63, 3.8) is 0 Å². The van der Waals surface area contributed by atoms with Crippen LogP contribution in [0.3, 0.4) is 0 Å². The third-order valence-electron chi connectivity index (χ3n) is 2.78. The fraction of sp³-hybridized carbons (Fsp3) is 0.769. The van der Waals surface area contributed by atoms with Crippen LogP contribution in [-0.2, 0) is 13.5 Å². The third kappa shape index (κ3) is 4.43. The molecule has 0 saturated carbocycles. The lowest BCUT2D eigenvalue weighted by atomic mass is 10.0. The van der Waals surface area contributed by atoms with Crippen LogP contribution in [0.25, 0.3) is 0 Å². The van der Waals surface area contributed by atoms with Crippen molar-refractivity contribution in [3.8, 4) is 0 Å². The molecule has 0 bridgehead atoms. The van der Waals surface area contributed by atoms with E-state index in [9.17, 15) is 0 Å². The molecule has 0 radical (unpaired) electrons. The zero-order valence-corrected chi connectivity index (χ0v) is 13.3. The number of aryl methyl sites for hydroxylation is 2.